The van der Waals surface area contributed by atoms with Crippen molar-refractivity contribution in [3.63, 3.8) is 0 Å². The minimum absolute atomic E-state index is 0.0000323. The molecule has 5 aliphatic heterocycles. The predicted octanol–water partition coefficient (Wildman–Crippen LogP) is -2.57. The van der Waals surface area contributed by atoms with Crippen LogP contribution in [0.5, 0.6) is 0 Å². The van der Waals surface area contributed by atoms with Gasteiger partial charge in [0.25, 0.3) is 16.7 Å². The number of aliphatic hydroxyl groups excluding tert-OH is 1. The molecule has 54 heteroatoms. The van der Waals surface area contributed by atoms with Crippen LogP contribution in [-0.4, -0.2) is 191 Å². The Morgan fingerprint density at radius 1 is 0.510 bits per heavy atom. The molecule has 0 aliphatic carbocycles. The molecular formula is C48H62N18O31P5+. The normalized spacial score (nSPS) is 29.3. The lowest BCUT2D eigenvalue weighted by Gasteiger charge is -2.25. The second-order valence-corrected chi connectivity index (χ2v) is 29.5. The highest BCUT2D eigenvalue weighted by Gasteiger charge is 2.50. The van der Waals surface area contributed by atoms with Gasteiger partial charge in [-0.2, -0.15) is 19.9 Å². The highest BCUT2D eigenvalue weighted by Crippen LogP contribution is 2.55. The minimum atomic E-state index is -5.58. The van der Waals surface area contributed by atoms with Gasteiger partial charge >= 0.3 is 56.6 Å². The summed E-state index contributed by atoms with van der Waals surface area (Å²) in [5.74, 6) is -0.969. The Hall–Kier alpha value is -7.44. The van der Waals surface area contributed by atoms with Gasteiger partial charge in [0.05, 0.1) is 45.2 Å². The molecule has 0 saturated carbocycles. The number of nitrogens with zero attached hydrogens (tertiary/aromatic N) is 11. The maximum atomic E-state index is 14.2. The first-order chi connectivity index (χ1) is 48.1. The first-order valence-corrected chi connectivity index (χ1v) is 37.1. The number of nitrogens with two attached hydrogens (primary N) is 4. The molecule has 17 N–H and O–H groups in total. The molecule has 20 atom stereocenters. The Kier molecular flexibility index (Phi) is 21.6. The molecule has 0 amide bonds. The third kappa shape index (κ3) is 17.0. The van der Waals surface area contributed by atoms with Crippen LogP contribution in [0, 0.1) is 6.92 Å². The fraction of sp³-hybridized carbons (Fsp3) is 0.542. The SMILES string of the molecule is Cc1cn([C@H]2C[C@H](OP(=O)(O)OC[C@H]3O[C@@H](n4ccc(N)nc4=O)C[C@@H]3OP(=O)(O)OC[C@H]3O[C@@H](n4cnc5c(=O)[nH]c(N)nc54)C[C@@H]3O)[C@@H](COP(=O)(O)O[C@H]3C[C@H](n4cnc5c(=O)[nH]c(N)nc54)O[C@@H]3COP(=O)(O)O[C@H]3C[C@H](n4ccc(N)nc4=O)O[C@@H]3CO[P+](=O)O)O2)c(=O)[nH]c1=O. The number of hydrogen-bond acceptors (Lipinski definition) is 36. The van der Waals surface area contributed by atoms with Gasteiger partial charge in [-0.25, -0.2) is 42.6 Å². The molecule has 12 rings (SSSR count). The number of aromatic nitrogens is 14. The van der Waals surface area contributed by atoms with Crippen molar-refractivity contribution in [2.45, 2.75) is 131 Å². The predicted molar refractivity (Wildman–Crippen MR) is 334 cm³/mol. The Bertz CT molecular complexity index is 4920. The van der Waals surface area contributed by atoms with Crippen molar-refractivity contribution in [2.24, 2.45) is 0 Å². The summed E-state index contributed by atoms with van der Waals surface area (Å²) in [4.78, 5) is 161. The van der Waals surface area contributed by atoms with E-state index in [0.29, 0.717) is 0 Å². The van der Waals surface area contributed by atoms with E-state index in [-0.39, 0.29) is 57.8 Å². The van der Waals surface area contributed by atoms with Crippen molar-refractivity contribution in [2.75, 3.05) is 56.0 Å². The second-order valence-electron chi connectivity index (χ2n) is 23.2. The van der Waals surface area contributed by atoms with Crippen LogP contribution in [0.15, 0.2) is 72.1 Å². The summed E-state index contributed by atoms with van der Waals surface area (Å²) in [6.07, 6.45) is -19.0. The summed E-state index contributed by atoms with van der Waals surface area (Å²) < 4.78 is 151. The van der Waals surface area contributed by atoms with Crippen molar-refractivity contribution in [1.82, 2.24) is 67.7 Å². The smallest absolute Gasteiger partial charge is 0.390 e. The number of aliphatic hydroxyl groups is 1. The molecule has 554 valence electrons. The van der Waals surface area contributed by atoms with Crippen LogP contribution in [0.1, 0.15) is 68.8 Å². The fourth-order valence-electron chi connectivity index (χ4n) is 11.6. The molecule has 102 heavy (non-hydrogen) atoms. The molecule has 0 aromatic carbocycles. The van der Waals surface area contributed by atoms with E-state index in [1.807, 2.05) is 0 Å². The number of hydrogen-bond donors (Lipinski definition) is 13. The van der Waals surface area contributed by atoms with Crippen molar-refractivity contribution in [1.29, 1.82) is 0 Å². The van der Waals surface area contributed by atoms with E-state index in [4.69, 9.17) is 87.3 Å². The van der Waals surface area contributed by atoms with Gasteiger partial charge in [0.1, 0.15) is 104 Å². The lowest BCUT2D eigenvalue weighted by Crippen LogP contribution is -2.33. The third-order valence-corrected chi connectivity index (χ3v) is 20.7. The lowest BCUT2D eigenvalue weighted by molar-refractivity contribution is -0.0642. The summed E-state index contributed by atoms with van der Waals surface area (Å²) in [5, 5.41) is 10.9. The molecule has 0 bridgehead atoms. The zero-order valence-corrected chi connectivity index (χ0v) is 56.6. The molecule has 49 nitrogen and oxygen atoms in total. The number of ether oxygens (including phenoxy) is 5. The van der Waals surface area contributed by atoms with Crippen molar-refractivity contribution in [3.8, 4) is 0 Å². The molecule has 5 aliphatic rings. The Morgan fingerprint density at radius 2 is 0.863 bits per heavy atom. The molecule has 5 unspecified atom stereocenters. The largest absolute Gasteiger partial charge is 0.694 e. The van der Waals surface area contributed by atoms with E-state index in [2.05, 4.69) is 44.9 Å². The highest BCUT2D eigenvalue weighted by atomic mass is 31.2. The van der Waals surface area contributed by atoms with Crippen LogP contribution in [0.25, 0.3) is 22.3 Å². The zero-order chi connectivity index (χ0) is 73.1. The average molecular weight is 1540 g/mol. The van der Waals surface area contributed by atoms with Gasteiger partial charge in [-0.1, -0.05) is 0 Å². The quantitative estimate of drug-likeness (QED) is 0.0224. The number of nitrogen functional groups attached to an aromatic ring is 4. The fourth-order valence-corrected chi connectivity index (χ4v) is 15.7. The maximum absolute atomic E-state index is 14.2. The molecule has 12 heterocycles. The van der Waals surface area contributed by atoms with E-state index in [1.165, 1.54) is 36.1 Å². The number of aromatic amines is 3. The topological polar surface area (TPSA) is 692 Å². The molecule has 7 aromatic rings. The van der Waals surface area contributed by atoms with Crippen LogP contribution >= 0.6 is 39.5 Å². The van der Waals surface area contributed by atoms with E-state index in [0.717, 1.165) is 37.0 Å². The first-order valence-electron chi connectivity index (χ1n) is 30.0. The first kappa shape index (κ1) is 74.3. The number of anilines is 4. The summed E-state index contributed by atoms with van der Waals surface area (Å²) in [7, 11) is -25.1. The molecule has 0 radical (unpaired) electrons. The number of phosphoric ester groups is 4. The van der Waals surface area contributed by atoms with Gasteiger partial charge in [0, 0.05) is 60.8 Å². The number of H-pyrrole nitrogens is 3. The summed E-state index contributed by atoms with van der Waals surface area (Å²) in [5.41, 5.74) is 17.1. The van der Waals surface area contributed by atoms with Gasteiger partial charge in [-0.15, -0.1) is 9.42 Å². The number of aryl methyl sites for hydroxylation is 1. The molecular weight excluding hydrogens is 1480 g/mol. The number of rotatable bonds is 28. The number of nitrogens with one attached hydrogen (secondary N) is 3. The lowest BCUT2D eigenvalue weighted by atomic mass is 10.2. The summed E-state index contributed by atoms with van der Waals surface area (Å²) in [6.45, 7) is -3.44. The molecule has 5 fully saturated rings. The van der Waals surface area contributed by atoms with Crippen LogP contribution in [0.4, 0.5) is 23.5 Å². The number of fused-ring (bicyclic) bond motifs is 2. The van der Waals surface area contributed by atoms with E-state index in [1.54, 1.807) is 0 Å². The van der Waals surface area contributed by atoms with Crippen molar-refractivity contribution < 1.29 is 117 Å². The molecule has 5 saturated heterocycles. The third-order valence-electron chi connectivity index (χ3n) is 16.3. The van der Waals surface area contributed by atoms with Crippen molar-refractivity contribution >= 4 is 85.4 Å². The standard InChI is InChI=1S/C48H61N18O31P5/c1-19-11-64(48(73)61-41(19)68)35-9-23(96-101(80,81)86-14-27-22(8-34(91-27)63-5-3-31(50)56-47(63)72)95-99(76,77)85-13-25-20(67)6-32(89-25)65-17-53-37-39(65)57-44(51)59-42(37)69)28(92-35)15-87-102(82,83)97-24-10-36(66-18-54-38-40(66)58-45(52)60-43(38)70)93-29(24)16-88-100(78,79)94-21-7-33(90-26(21)12-84-98(74)75)62-4-2-30(49)55-46(62)71/h2-5,11,17-18,20-29,32-36,67H,6-10,12-16H2,1H3,(H15-,49,50,51,52,55,56,57,58,59,60,61,68,69,70,71,72,73,74,75,76,77,78,79,80,81,82,83)/p+1/t20-,21-,22-,23-,24-,25+,26+,27+,28+,29+,32+,33+,34+,35+,36+/m0/s1. The number of imidazole rings is 2. The van der Waals surface area contributed by atoms with Gasteiger partial charge < -0.3 is 71.3 Å². The maximum Gasteiger partial charge on any atom is 0.694 e. The van der Waals surface area contributed by atoms with E-state index in [9.17, 15) is 81.2 Å². The second kappa shape index (κ2) is 29.6. The van der Waals surface area contributed by atoms with Crippen LogP contribution in [-0.2, 0) is 87.2 Å². The van der Waals surface area contributed by atoms with Crippen LogP contribution in [0.3, 0.4) is 0 Å². The van der Waals surface area contributed by atoms with Crippen LogP contribution in [0.2, 0.25) is 0 Å². The molecule has 7 aromatic heterocycles. The minimum Gasteiger partial charge on any atom is -0.390 e. The van der Waals surface area contributed by atoms with Gasteiger partial charge in [-0.3, -0.25) is 88.4 Å². The Morgan fingerprint density at radius 3 is 1.25 bits per heavy atom. The van der Waals surface area contributed by atoms with E-state index < -0.39 is 224 Å². The van der Waals surface area contributed by atoms with Gasteiger partial charge in [0.15, 0.2) is 22.3 Å². The molecule has 0 spiro atoms. The van der Waals surface area contributed by atoms with E-state index >= 15 is 0 Å². The zero-order valence-electron chi connectivity index (χ0n) is 52.1. The Labute approximate surface area is 566 Å². The van der Waals surface area contributed by atoms with Gasteiger partial charge in [0.2, 0.25) is 11.9 Å². The van der Waals surface area contributed by atoms with Crippen molar-refractivity contribution in [3.05, 3.63) is 111 Å². The summed E-state index contributed by atoms with van der Waals surface area (Å²) in [6, 6.07) is 2.46. The number of phosphoric acid groups is 4. The highest BCUT2D eigenvalue weighted by molar-refractivity contribution is 7.48. The monoisotopic (exact) mass is 1540 g/mol. The Balaban J connectivity index is 0.739. The van der Waals surface area contributed by atoms with Gasteiger partial charge in [-0.05, 0) is 19.1 Å². The average Bonchev–Trinajstić information content (AvgIpc) is 1.64. The summed E-state index contributed by atoms with van der Waals surface area (Å²) >= 11 is 0. The van der Waals surface area contributed by atoms with Crippen LogP contribution < -0.4 is 56.7 Å².